The second-order valence-electron chi connectivity index (χ2n) is 6.39. The Morgan fingerprint density at radius 1 is 1.24 bits per heavy atom. The molecular formula is C17H19NO2S. The van der Waals surface area contributed by atoms with Crippen molar-refractivity contribution in [2.75, 3.05) is 6.61 Å². The quantitative estimate of drug-likeness (QED) is 0.793. The summed E-state index contributed by atoms with van der Waals surface area (Å²) in [6.07, 6.45) is 2.25. The van der Waals surface area contributed by atoms with Gasteiger partial charge in [-0.3, -0.25) is 4.98 Å². The third-order valence-electron chi connectivity index (χ3n) is 3.85. The van der Waals surface area contributed by atoms with E-state index in [1.165, 1.54) is 0 Å². The molecule has 0 saturated heterocycles. The predicted octanol–water partition coefficient (Wildman–Crippen LogP) is 3.41. The van der Waals surface area contributed by atoms with Crippen molar-refractivity contribution in [1.82, 2.24) is 4.98 Å². The van der Waals surface area contributed by atoms with Gasteiger partial charge in [0.2, 0.25) is 0 Å². The van der Waals surface area contributed by atoms with Crippen LogP contribution in [0.4, 0.5) is 0 Å². The molecule has 0 aliphatic carbocycles. The van der Waals surface area contributed by atoms with Gasteiger partial charge in [-0.15, -0.1) is 12.6 Å². The lowest BCUT2D eigenvalue weighted by atomic mass is 9.76. The molecule has 2 heterocycles. The van der Waals surface area contributed by atoms with Gasteiger partial charge in [-0.25, -0.2) is 0 Å². The molecule has 0 radical (unpaired) electrons. The zero-order chi connectivity index (χ0) is 15.1. The zero-order valence-corrected chi connectivity index (χ0v) is 13.1. The number of hydrogen-bond donors (Lipinski definition) is 2. The maximum absolute atomic E-state index is 11.5. The Balaban J connectivity index is 2.23. The van der Waals surface area contributed by atoms with Crippen molar-refractivity contribution in [3.63, 3.8) is 0 Å². The van der Waals surface area contributed by atoms with Crippen molar-refractivity contribution in [2.45, 2.75) is 30.8 Å². The van der Waals surface area contributed by atoms with E-state index >= 15 is 0 Å². The summed E-state index contributed by atoms with van der Waals surface area (Å²) in [5.41, 5.74) is 0.0419. The Morgan fingerprint density at radius 2 is 2.05 bits per heavy atom. The van der Waals surface area contributed by atoms with E-state index in [0.717, 1.165) is 10.5 Å². The van der Waals surface area contributed by atoms with Gasteiger partial charge in [-0.1, -0.05) is 19.9 Å². The van der Waals surface area contributed by atoms with Gasteiger partial charge in [0.25, 0.3) is 0 Å². The Hall–Kier alpha value is -1.52. The van der Waals surface area contributed by atoms with Gasteiger partial charge in [0.15, 0.2) is 0 Å². The highest BCUT2D eigenvalue weighted by atomic mass is 32.1. The summed E-state index contributed by atoms with van der Waals surface area (Å²) in [5, 5.41) is 11.5. The molecule has 1 N–H and O–H groups in total. The van der Waals surface area contributed by atoms with Crippen LogP contribution in [0, 0.1) is 5.41 Å². The SMILES string of the molecule is CC1(C)COc2ccc(S)cc2C(O)(c2ccccn2)C1. The van der Waals surface area contributed by atoms with Crippen LogP contribution in [0.1, 0.15) is 31.5 Å². The van der Waals surface area contributed by atoms with Crippen molar-refractivity contribution in [1.29, 1.82) is 0 Å². The molecule has 1 aromatic heterocycles. The summed E-state index contributed by atoms with van der Waals surface area (Å²) >= 11 is 4.40. The van der Waals surface area contributed by atoms with Gasteiger partial charge in [-0.05, 0) is 36.8 Å². The van der Waals surface area contributed by atoms with Crippen molar-refractivity contribution in [3.05, 3.63) is 53.9 Å². The number of thiol groups is 1. The van der Waals surface area contributed by atoms with Crippen LogP contribution in [0.15, 0.2) is 47.5 Å². The first-order chi connectivity index (χ1) is 9.91. The van der Waals surface area contributed by atoms with Crippen LogP contribution in [0.2, 0.25) is 0 Å². The maximum Gasteiger partial charge on any atom is 0.136 e. The van der Waals surface area contributed by atoms with Gasteiger partial charge in [0.1, 0.15) is 11.4 Å². The third kappa shape index (κ3) is 2.65. The van der Waals surface area contributed by atoms with Gasteiger partial charge < -0.3 is 9.84 Å². The molecule has 2 aromatic rings. The topological polar surface area (TPSA) is 42.4 Å². The van der Waals surface area contributed by atoms with Crippen molar-refractivity contribution >= 4 is 12.6 Å². The van der Waals surface area contributed by atoms with Crippen molar-refractivity contribution in [3.8, 4) is 5.75 Å². The minimum Gasteiger partial charge on any atom is -0.493 e. The van der Waals surface area contributed by atoms with Crippen LogP contribution in [0.25, 0.3) is 0 Å². The van der Waals surface area contributed by atoms with E-state index in [4.69, 9.17) is 4.74 Å². The molecule has 110 valence electrons. The van der Waals surface area contributed by atoms with E-state index in [1.54, 1.807) is 6.20 Å². The molecule has 4 heteroatoms. The molecule has 3 nitrogen and oxygen atoms in total. The maximum atomic E-state index is 11.5. The molecule has 1 aliphatic rings. The van der Waals surface area contributed by atoms with E-state index < -0.39 is 5.60 Å². The van der Waals surface area contributed by atoms with E-state index in [2.05, 4.69) is 31.5 Å². The summed E-state index contributed by atoms with van der Waals surface area (Å²) in [5.74, 6) is 0.700. The number of fused-ring (bicyclic) bond motifs is 1. The molecule has 0 fully saturated rings. The number of aliphatic hydroxyl groups is 1. The molecule has 1 aliphatic heterocycles. The van der Waals surface area contributed by atoms with Crippen LogP contribution in [0.5, 0.6) is 5.75 Å². The van der Waals surface area contributed by atoms with Gasteiger partial charge in [0, 0.05) is 22.1 Å². The van der Waals surface area contributed by atoms with Crippen LogP contribution in [0.3, 0.4) is 0 Å². The fourth-order valence-corrected chi connectivity index (χ4v) is 3.12. The van der Waals surface area contributed by atoms with Gasteiger partial charge in [-0.2, -0.15) is 0 Å². The summed E-state index contributed by atoms with van der Waals surface area (Å²) in [6.45, 7) is 4.74. The summed E-state index contributed by atoms with van der Waals surface area (Å²) in [4.78, 5) is 5.18. The Bertz CT molecular complexity index is 657. The highest BCUT2D eigenvalue weighted by Gasteiger charge is 2.43. The molecule has 1 unspecified atom stereocenters. The number of benzene rings is 1. The molecule has 1 aromatic carbocycles. The highest BCUT2D eigenvalue weighted by Crippen LogP contribution is 2.46. The highest BCUT2D eigenvalue weighted by molar-refractivity contribution is 7.80. The summed E-state index contributed by atoms with van der Waals surface area (Å²) < 4.78 is 5.91. The van der Waals surface area contributed by atoms with Crippen LogP contribution >= 0.6 is 12.6 Å². The standard InChI is InChI=1S/C17H19NO2S/c1-16(2)10-17(19,15-5-3-4-8-18-15)13-9-12(21)6-7-14(13)20-11-16/h3-9,19,21H,10-11H2,1-2H3. The number of pyridine rings is 1. The largest absolute Gasteiger partial charge is 0.493 e. The van der Waals surface area contributed by atoms with E-state index in [-0.39, 0.29) is 5.41 Å². The van der Waals surface area contributed by atoms with Crippen molar-refractivity contribution in [2.24, 2.45) is 5.41 Å². The van der Waals surface area contributed by atoms with Gasteiger partial charge >= 0.3 is 0 Å². The molecule has 0 amide bonds. The fourth-order valence-electron chi connectivity index (χ4n) is 2.91. The monoisotopic (exact) mass is 301 g/mol. The Morgan fingerprint density at radius 3 is 2.76 bits per heavy atom. The van der Waals surface area contributed by atoms with E-state index in [9.17, 15) is 5.11 Å². The van der Waals surface area contributed by atoms with Crippen LogP contribution < -0.4 is 4.74 Å². The number of nitrogens with zero attached hydrogens (tertiary/aromatic N) is 1. The second kappa shape index (κ2) is 5.04. The molecule has 0 spiro atoms. The number of ether oxygens (including phenoxy) is 1. The minimum absolute atomic E-state index is 0.165. The molecule has 3 rings (SSSR count). The Labute approximate surface area is 130 Å². The first-order valence-electron chi connectivity index (χ1n) is 7.01. The number of aromatic nitrogens is 1. The normalized spacial score (nSPS) is 23.8. The van der Waals surface area contributed by atoms with E-state index in [0.29, 0.717) is 24.5 Å². The number of hydrogen-bond acceptors (Lipinski definition) is 4. The van der Waals surface area contributed by atoms with Gasteiger partial charge in [0.05, 0.1) is 12.3 Å². The lowest BCUT2D eigenvalue weighted by Crippen LogP contribution is -2.34. The predicted molar refractivity (Wildman–Crippen MR) is 84.8 cm³/mol. The molecule has 0 saturated carbocycles. The minimum atomic E-state index is -1.17. The summed E-state index contributed by atoms with van der Waals surface area (Å²) in [6, 6.07) is 11.2. The van der Waals surface area contributed by atoms with Crippen LogP contribution in [-0.4, -0.2) is 16.7 Å². The summed E-state index contributed by atoms with van der Waals surface area (Å²) in [7, 11) is 0. The average Bonchev–Trinajstić information content (AvgIpc) is 2.55. The second-order valence-corrected chi connectivity index (χ2v) is 6.90. The molecule has 1 atom stereocenters. The first-order valence-corrected chi connectivity index (χ1v) is 7.46. The zero-order valence-electron chi connectivity index (χ0n) is 12.2. The lowest BCUT2D eigenvalue weighted by molar-refractivity contribution is 0.0264. The lowest BCUT2D eigenvalue weighted by Gasteiger charge is -2.32. The smallest absolute Gasteiger partial charge is 0.136 e. The molecule has 0 bridgehead atoms. The Kier molecular flexibility index (Phi) is 3.46. The van der Waals surface area contributed by atoms with E-state index in [1.807, 2.05) is 36.4 Å². The molecular weight excluding hydrogens is 282 g/mol. The number of rotatable bonds is 1. The third-order valence-corrected chi connectivity index (χ3v) is 4.13. The van der Waals surface area contributed by atoms with Crippen molar-refractivity contribution < 1.29 is 9.84 Å². The first kappa shape index (κ1) is 14.4. The molecule has 21 heavy (non-hydrogen) atoms. The fraction of sp³-hybridized carbons (Fsp3) is 0.353. The average molecular weight is 301 g/mol. The van der Waals surface area contributed by atoms with Crippen LogP contribution in [-0.2, 0) is 5.60 Å².